The minimum absolute atomic E-state index is 0.179. The number of morpholine rings is 1. The number of aromatic nitrogens is 4. The lowest BCUT2D eigenvalue weighted by Gasteiger charge is -2.27. The third kappa shape index (κ3) is 4.24. The Morgan fingerprint density at radius 1 is 1.10 bits per heavy atom. The van der Waals surface area contributed by atoms with Gasteiger partial charge in [0.2, 0.25) is 0 Å². The van der Waals surface area contributed by atoms with Gasteiger partial charge < -0.3 is 19.9 Å². The Labute approximate surface area is 179 Å². The predicted octanol–water partition coefficient (Wildman–Crippen LogP) is 2.79. The van der Waals surface area contributed by atoms with Crippen molar-refractivity contribution in [1.82, 2.24) is 25.3 Å². The Kier molecular flexibility index (Phi) is 5.28. The second-order valence-electron chi connectivity index (χ2n) is 7.32. The highest BCUT2D eigenvalue weighted by Crippen LogP contribution is 2.21. The number of hydrogen-bond acceptors (Lipinski definition) is 6. The highest BCUT2D eigenvalue weighted by Gasteiger charge is 2.13. The zero-order valence-electron chi connectivity index (χ0n) is 16.9. The fourth-order valence-electron chi connectivity index (χ4n) is 3.60. The van der Waals surface area contributed by atoms with Crippen LogP contribution in [0.4, 0.5) is 5.82 Å². The zero-order chi connectivity index (χ0) is 21.0. The molecule has 4 heterocycles. The van der Waals surface area contributed by atoms with Gasteiger partial charge in [-0.3, -0.25) is 9.78 Å². The molecular formula is C23H22N6O2. The predicted molar refractivity (Wildman–Crippen MR) is 118 cm³/mol. The van der Waals surface area contributed by atoms with E-state index in [0.717, 1.165) is 48.7 Å². The maximum Gasteiger partial charge on any atom is 0.251 e. The third-order valence-corrected chi connectivity index (χ3v) is 5.26. The molecule has 2 N–H and O–H groups in total. The molecule has 1 aliphatic rings. The van der Waals surface area contributed by atoms with E-state index < -0.39 is 0 Å². The smallest absolute Gasteiger partial charge is 0.251 e. The highest BCUT2D eigenvalue weighted by molar-refractivity contribution is 5.95. The minimum atomic E-state index is -0.179. The van der Waals surface area contributed by atoms with Gasteiger partial charge in [-0.15, -0.1) is 0 Å². The van der Waals surface area contributed by atoms with Gasteiger partial charge in [0.15, 0.2) is 0 Å². The van der Waals surface area contributed by atoms with Crippen molar-refractivity contribution in [2.45, 2.75) is 6.54 Å². The van der Waals surface area contributed by atoms with Crippen molar-refractivity contribution in [3.05, 3.63) is 72.3 Å². The average Bonchev–Trinajstić information content (AvgIpc) is 3.26. The number of anilines is 1. The molecule has 0 unspecified atom stereocenters. The number of amides is 1. The number of nitrogens with one attached hydrogen (secondary N) is 2. The van der Waals surface area contributed by atoms with Crippen molar-refractivity contribution in [3.63, 3.8) is 0 Å². The molecule has 0 atom stereocenters. The first kappa shape index (κ1) is 19.2. The molecule has 1 saturated heterocycles. The lowest BCUT2D eigenvalue weighted by Crippen LogP contribution is -2.36. The van der Waals surface area contributed by atoms with Crippen LogP contribution in [-0.2, 0) is 11.3 Å². The van der Waals surface area contributed by atoms with E-state index in [1.165, 1.54) is 0 Å². The van der Waals surface area contributed by atoms with Crippen LogP contribution in [0.15, 0.2) is 60.9 Å². The number of nitrogens with zero attached hydrogens (tertiary/aromatic N) is 4. The van der Waals surface area contributed by atoms with Crippen molar-refractivity contribution in [2.75, 3.05) is 31.2 Å². The lowest BCUT2D eigenvalue weighted by atomic mass is 10.1. The molecule has 5 rings (SSSR count). The number of aromatic amines is 1. The van der Waals surface area contributed by atoms with Gasteiger partial charge in [-0.2, -0.15) is 0 Å². The van der Waals surface area contributed by atoms with Gasteiger partial charge in [-0.1, -0.05) is 12.1 Å². The van der Waals surface area contributed by atoms with Gasteiger partial charge in [-0.05, 0) is 36.4 Å². The molecule has 31 heavy (non-hydrogen) atoms. The summed E-state index contributed by atoms with van der Waals surface area (Å²) in [5.41, 5.74) is 3.94. The number of carbonyl (C=O) groups excluding carboxylic acids is 1. The number of para-hydroxylation sites is 2. The third-order valence-electron chi connectivity index (χ3n) is 5.26. The van der Waals surface area contributed by atoms with E-state index in [1.54, 1.807) is 24.5 Å². The molecule has 1 aromatic carbocycles. The van der Waals surface area contributed by atoms with Crippen LogP contribution in [0, 0.1) is 0 Å². The van der Waals surface area contributed by atoms with Crippen LogP contribution in [0.25, 0.3) is 22.3 Å². The maximum absolute atomic E-state index is 12.7. The number of hydrogen-bond donors (Lipinski definition) is 2. The van der Waals surface area contributed by atoms with E-state index in [9.17, 15) is 4.79 Å². The SMILES string of the molecule is O=C(NCc1nc2ccccc2[nH]1)c1ccnc(-c2ccc(N3CCOCC3)nc2)c1. The fraction of sp³-hybridized carbons (Fsp3) is 0.217. The lowest BCUT2D eigenvalue weighted by molar-refractivity contribution is 0.0950. The summed E-state index contributed by atoms with van der Waals surface area (Å²) in [6, 6.07) is 15.2. The number of fused-ring (bicyclic) bond motifs is 1. The number of carbonyl (C=O) groups is 1. The Morgan fingerprint density at radius 3 is 2.77 bits per heavy atom. The van der Waals surface area contributed by atoms with Gasteiger partial charge >= 0.3 is 0 Å². The van der Waals surface area contributed by atoms with Crippen LogP contribution in [0.5, 0.6) is 0 Å². The molecule has 156 valence electrons. The van der Waals surface area contributed by atoms with E-state index in [4.69, 9.17) is 4.74 Å². The van der Waals surface area contributed by atoms with Crippen molar-refractivity contribution >= 4 is 22.8 Å². The molecule has 0 bridgehead atoms. The first-order chi connectivity index (χ1) is 15.3. The number of ether oxygens (including phenoxy) is 1. The summed E-state index contributed by atoms with van der Waals surface area (Å²) in [7, 11) is 0. The Hall–Kier alpha value is -3.78. The Morgan fingerprint density at radius 2 is 1.97 bits per heavy atom. The second-order valence-corrected chi connectivity index (χ2v) is 7.32. The molecule has 8 heteroatoms. The molecule has 1 fully saturated rings. The standard InChI is InChI=1S/C23H22N6O2/c30-23(26-15-21-27-18-3-1-2-4-19(18)28-21)16-7-8-24-20(13-16)17-5-6-22(25-14-17)29-9-11-31-12-10-29/h1-8,13-14H,9-12,15H2,(H,26,30)(H,27,28). The number of pyridine rings is 2. The highest BCUT2D eigenvalue weighted by atomic mass is 16.5. The van der Waals surface area contributed by atoms with E-state index in [-0.39, 0.29) is 5.91 Å². The van der Waals surface area contributed by atoms with Gasteiger partial charge in [-0.25, -0.2) is 9.97 Å². The summed E-state index contributed by atoms with van der Waals surface area (Å²) in [4.78, 5) is 31.5. The van der Waals surface area contributed by atoms with Crippen LogP contribution in [-0.4, -0.2) is 52.1 Å². The van der Waals surface area contributed by atoms with Crippen LogP contribution in [0.1, 0.15) is 16.2 Å². The quantitative estimate of drug-likeness (QED) is 0.521. The monoisotopic (exact) mass is 414 g/mol. The number of benzene rings is 1. The van der Waals surface area contributed by atoms with Crippen molar-refractivity contribution in [1.29, 1.82) is 0 Å². The van der Waals surface area contributed by atoms with Crippen LogP contribution >= 0.6 is 0 Å². The molecular weight excluding hydrogens is 392 g/mol. The summed E-state index contributed by atoms with van der Waals surface area (Å²) in [5.74, 6) is 1.46. The average molecular weight is 414 g/mol. The van der Waals surface area contributed by atoms with Crippen molar-refractivity contribution < 1.29 is 9.53 Å². The largest absolute Gasteiger partial charge is 0.378 e. The maximum atomic E-state index is 12.7. The van der Waals surface area contributed by atoms with E-state index in [2.05, 4.69) is 30.2 Å². The zero-order valence-corrected chi connectivity index (χ0v) is 16.9. The van der Waals surface area contributed by atoms with Gasteiger partial charge in [0, 0.05) is 36.6 Å². The second kappa shape index (κ2) is 8.53. The summed E-state index contributed by atoms with van der Waals surface area (Å²) in [5, 5.41) is 2.91. The number of H-pyrrole nitrogens is 1. The molecule has 8 nitrogen and oxygen atoms in total. The van der Waals surface area contributed by atoms with Gasteiger partial charge in [0.05, 0.1) is 36.5 Å². The molecule has 0 aliphatic carbocycles. The van der Waals surface area contributed by atoms with E-state index >= 15 is 0 Å². The van der Waals surface area contributed by atoms with Crippen molar-refractivity contribution in [2.24, 2.45) is 0 Å². The Bertz CT molecular complexity index is 1170. The van der Waals surface area contributed by atoms with Gasteiger partial charge in [0.1, 0.15) is 11.6 Å². The summed E-state index contributed by atoms with van der Waals surface area (Å²) < 4.78 is 5.39. The van der Waals surface area contributed by atoms with Crippen LogP contribution < -0.4 is 10.2 Å². The minimum Gasteiger partial charge on any atom is -0.378 e. The molecule has 0 radical (unpaired) electrons. The Balaban J connectivity index is 1.27. The number of rotatable bonds is 5. The molecule has 4 aromatic rings. The molecule has 0 spiro atoms. The van der Waals surface area contributed by atoms with E-state index in [0.29, 0.717) is 23.6 Å². The molecule has 1 amide bonds. The first-order valence-corrected chi connectivity index (χ1v) is 10.2. The summed E-state index contributed by atoms with van der Waals surface area (Å²) >= 11 is 0. The topological polar surface area (TPSA) is 96.0 Å². The van der Waals surface area contributed by atoms with Crippen LogP contribution in [0.3, 0.4) is 0 Å². The molecule has 1 aliphatic heterocycles. The fourth-order valence-corrected chi connectivity index (χ4v) is 3.60. The van der Waals surface area contributed by atoms with Crippen LogP contribution in [0.2, 0.25) is 0 Å². The molecule has 3 aromatic heterocycles. The summed E-state index contributed by atoms with van der Waals surface area (Å²) in [6.07, 6.45) is 3.44. The number of imidazole rings is 1. The van der Waals surface area contributed by atoms with Crippen molar-refractivity contribution in [3.8, 4) is 11.3 Å². The molecule has 0 saturated carbocycles. The first-order valence-electron chi connectivity index (χ1n) is 10.2. The summed E-state index contributed by atoms with van der Waals surface area (Å²) in [6.45, 7) is 3.43. The normalized spacial score (nSPS) is 14.0. The van der Waals surface area contributed by atoms with E-state index in [1.807, 2.05) is 36.4 Å². The van der Waals surface area contributed by atoms with Gasteiger partial charge in [0.25, 0.3) is 5.91 Å².